The third-order valence-corrected chi connectivity index (χ3v) is 5.37. The summed E-state index contributed by atoms with van der Waals surface area (Å²) in [4.78, 5) is 4.84. The smallest absolute Gasteiger partial charge is 0.111 e. The van der Waals surface area contributed by atoms with Gasteiger partial charge in [0.25, 0.3) is 0 Å². The first-order valence-electron chi connectivity index (χ1n) is 7.93. The molecule has 4 heteroatoms. The van der Waals surface area contributed by atoms with Crippen LogP contribution in [0, 0.1) is 5.92 Å². The fraction of sp³-hybridized carbons (Fsp3) is 0.588. The van der Waals surface area contributed by atoms with Gasteiger partial charge < -0.3 is 4.57 Å². The zero-order valence-corrected chi connectivity index (χ0v) is 14.8. The molecular formula is C17H22BrClN2. The number of rotatable bonds is 3. The van der Waals surface area contributed by atoms with Gasteiger partial charge in [0, 0.05) is 22.8 Å². The van der Waals surface area contributed by atoms with Crippen molar-refractivity contribution in [1.29, 1.82) is 0 Å². The Morgan fingerprint density at radius 2 is 2.10 bits per heavy atom. The van der Waals surface area contributed by atoms with Crippen LogP contribution in [0.2, 0.25) is 0 Å². The van der Waals surface area contributed by atoms with Gasteiger partial charge >= 0.3 is 0 Å². The van der Waals surface area contributed by atoms with E-state index < -0.39 is 0 Å². The van der Waals surface area contributed by atoms with Gasteiger partial charge in [-0.3, -0.25) is 0 Å². The van der Waals surface area contributed by atoms with Crippen LogP contribution < -0.4 is 0 Å². The molecule has 0 N–H and O–H groups in total. The molecule has 2 nitrogen and oxygen atoms in total. The second kappa shape index (κ2) is 6.70. The maximum atomic E-state index is 6.01. The summed E-state index contributed by atoms with van der Waals surface area (Å²) in [6.07, 6.45) is 7.47. The molecule has 1 aliphatic rings. The number of benzene rings is 1. The highest BCUT2D eigenvalue weighted by Gasteiger charge is 2.25. The SMILES string of the molecule is CC1CCCCCC1n1c(CCCl)nc2ccc(Br)cc21. The van der Waals surface area contributed by atoms with Crippen LogP contribution in [0.15, 0.2) is 22.7 Å². The molecule has 0 aliphatic heterocycles. The number of fused-ring (bicyclic) bond motifs is 1. The fourth-order valence-electron chi connectivity index (χ4n) is 3.60. The molecule has 21 heavy (non-hydrogen) atoms. The zero-order valence-electron chi connectivity index (χ0n) is 12.5. The normalized spacial score (nSPS) is 23.4. The molecule has 0 bridgehead atoms. The van der Waals surface area contributed by atoms with Crippen LogP contribution in [0.4, 0.5) is 0 Å². The van der Waals surface area contributed by atoms with Crippen LogP contribution in [0.1, 0.15) is 50.9 Å². The van der Waals surface area contributed by atoms with Crippen LogP contribution in [-0.2, 0) is 6.42 Å². The lowest BCUT2D eigenvalue weighted by atomic mass is 9.96. The predicted molar refractivity (Wildman–Crippen MR) is 93.1 cm³/mol. The van der Waals surface area contributed by atoms with E-state index >= 15 is 0 Å². The number of hydrogen-bond acceptors (Lipinski definition) is 1. The van der Waals surface area contributed by atoms with E-state index in [2.05, 4.69) is 45.6 Å². The molecule has 114 valence electrons. The average molecular weight is 370 g/mol. The minimum absolute atomic E-state index is 0.560. The third-order valence-electron chi connectivity index (χ3n) is 4.69. The topological polar surface area (TPSA) is 17.8 Å². The summed E-state index contributed by atoms with van der Waals surface area (Å²) in [6, 6.07) is 6.94. The van der Waals surface area contributed by atoms with Gasteiger partial charge in [-0.25, -0.2) is 4.98 Å². The van der Waals surface area contributed by atoms with Crippen molar-refractivity contribution in [3.05, 3.63) is 28.5 Å². The molecule has 2 unspecified atom stereocenters. The predicted octanol–water partition coefficient (Wildman–Crippen LogP) is 5.72. The molecule has 0 saturated heterocycles. The van der Waals surface area contributed by atoms with Gasteiger partial charge in [-0.2, -0.15) is 0 Å². The Labute approximate surface area is 140 Å². The summed E-state index contributed by atoms with van der Waals surface area (Å²) in [7, 11) is 0. The van der Waals surface area contributed by atoms with Gasteiger partial charge in [-0.1, -0.05) is 42.1 Å². The molecule has 3 rings (SSSR count). The molecule has 1 aromatic heterocycles. The Bertz CT molecular complexity index is 623. The van der Waals surface area contributed by atoms with Crippen molar-refractivity contribution in [1.82, 2.24) is 9.55 Å². The van der Waals surface area contributed by atoms with Crippen LogP contribution in [-0.4, -0.2) is 15.4 Å². The summed E-state index contributed by atoms with van der Waals surface area (Å²) in [5.74, 6) is 2.49. The fourth-order valence-corrected chi connectivity index (χ4v) is 4.12. The molecule has 1 saturated carbocycles. The molecule has 1 aromatic carbocycles. The number of nitrogens with zero attached hydrogens (tertiary/aromatic N) is 2. The van der Waals surface area contributed by atoms with E-state index in [-0.39, 0.29) is 0 Å². The lowest BCUT2D eigenvalue weighted by Crippen LogP contribution is -2.19. The van der Waals surface area contributed by atoms with Crippen molar-refractivity contribution in [3.8, 4) is 0 Å². The van der Waals surface area contributed by atoms with Crippen molar-refractivity contribution in [2.75, 3.05) is 5.88 Å². The molecule has 1 fully saturated rings. The van der Waals surface area contributed by atoms with Crippen molar-refractivity contribution >= 4 is 38.6 Å². The zero-order chi connectivity index (χ0) is 14.8. The highest BCUT2D eigenvalue weighted by atomic mass is 79.9. The lowest BCUT2D eigenvalue weighted by molar-refractivity contribution is 0.333. The largest absolute Gasteiger partial charge is 0.325 e. The third kappa shape index (κ3) is 3.14. The summed E-state index contributed by atoms with van der Waals surface area (Å²) in [5, 5.41) is 0. The molecule has 2 aromatic rings. The number of alkyl halides is 1. The summed E-state index contributed by atoms with van der Waals surface area (Å²) < 4.78 is 3.60. The number of aryl methyl sites for hydroxylation is 1. The Morgan fingerprint density at radius 1 is 1.29 bits per heavy atom. The van der Waals surface area contributed by atoms with E-state index in [0.717, 1.165) is 22.2 Å². The van der Waals surface area contributed by atoms with E-state index in [0.29, 0.717) is 17.8 Å². The number of hydrogen-bond donors (Lipinski definition) is 0. The van der Waals surface area contributed by atoms with Gasteiger partial charge in [0.2, 0.25) is 0 Å². The van der Waals surface area contributed by atoms with Crippen LogP contribution in [0.3, 0.4) is 0 Å². The molecular weight excluding hydrogens is 348 g/mol. The van der Waals surface area contributed by atoms with Gasteiger partial charge in [0.1, 0.15) is 5.82 Å². The number of aromatic nitrogens is 2. The van der Waals surface area contributed by atoms with E-state index in [1.165, 1.54) is 37.6 Å². The Hall–Kier alpha value is -0.540. The van der Waals surface area contributed by atoms with E-state index in [9.17, 15) is 0 Å². The quantitative estimate of drug-likeness (QED) is 0.499. The Balaban J connectivity index is 2.12. The Kier molecular flexibility index (Phi) is 4.90. The lowest BCUT2D eigenvalue weighted by Gasteiger charge is -2.26. The van der Waals surface area contributed by atoms with Crippen LogP contribution >= 0.6 is 27.5 Å². The molecule has 0 amide bonds. The van der Waals surface area contributed by atoms with Crippen molar-refractivity contribution in [3.63, 3.8) is 0 Å². The number of imidazole rings is 1. The summed E-state index contributed by atoms with van der Waals surface area (Å²) in [5.41, 5.74) is 2.35. The van der Waals surface area contributed by atoms with Crippen LogP contribution in [0.5, 0.6) is 0 Å². The second-order valence-corrected chi connectivity index (χ2v) is 7.45. The maximum Gasteiger partial charge on any atom is 0.111 e. The minimum Gasteiger partial charge on any atom is -0.325 e. The van der Waals surface area contributed by atoms with Crippen molar-refractivity contribution in [2.24, 2.45) is 5.92 Å². The van der Waals surface area contributed by atoms with Crippen molar-refractivity contribution in [2.45, 2.75) is 51.5 Å². The highest BCUT2D eigenvalue weighted by molar-refractivity contribution is 9.10. The highest BCUT2D eigenvalue weighted by Crippen LogP contribution is 2.36. The maximum absolute atomic E-state index is 6.01. The molecule has 1 heterocycles. The molecule has 0 radical (unpaired) electrons. The van der Waals surface area contributed by atoms with E-state index in [1.54, 1.807) is 0 Å². The van der Waals surface area contributed by atoms with E-state index in [1.807, 2.05) is 0 Å². The van der Waals surface area contributed by atoms with Gasteiger partial charge in [0.15, 0.2) is 0 Å². The second-order valence-electron chi connectivity index (χ2n) is 6.15. The average Bonchev–Trinajstić information content (AvgIpc) is 2.66. The summed E-state index contributed by atoms with van der Waals surface area (Å²) in [6.45, 7) is 2.39. The summed E-state index contributed by atoms with van der Waals surface area (Å²) >= 11 is 9.61. The first kappa shape index (κ1) is 15.4. The standard InChI is InChI=1S/C17H22BrClN2/c1-12-5-3-2-4-6-15(12)21-16-11-13(18)7-8-14(16)20-17(21)9-10-19/h7-8,11-12,15H,2-6,9-10H2,1H3. The molecule has 0 spiro atoms. The molecule has 2 atom stereocenters. The first-order valence-corrected chi connectivity index (χ1v) is 9.26. The van der Waals surface area contributed by atoms with Crippen molar-refractivity contribution < 1.29 is 0 Å². The molecule has 1 aliphatic carbocycles. The van der Waals surface area contributed by atoms with Crippen LogP contribution in [0.25, 0.3) is 11.0 Å². The monoisotopic (exact) mass is 368 g/mol. The van der Waals surface area contributed by atoms with E-state index in [4.69, 9.17) is 16.6 Å². The number of halogens is 2. The van der Waals surface area contributed by atoms with Gasteiger partial charge in [-0.05, 0) is 37.0 Å². The first-order chi connectivity index (χ1) is 10.2. The Morgan fingerprint density at radius 3 is 2.90 bits per heavy atom. The van der Waals surface area contributed by atoms with Gasteiger partial charge in [-0.15, -0.1) is 11.6 Å². The van der Waals surface area contributed by atoms with Gasteiger partial charge in [0.05, 0.1) is 11.0 Å². The minimum atomic E-state index is 0.560.